The molecule has 6 nitrogen and oxygen atoms in total. The lowest BCUT2D eigenvalue weighted by molar-refractivity contribution is 0.528. The van der Waals surface area contributed by atoms with Crippen molar-refractivity contribution in [3.63, 3.8) is 0 Å². The molecule has 1 N–H and O–H groups in total. The van der Waals surface area contributed by atoms with Crippen molar-refractivity contribution >= 4 is 21.1 Å². The van der Waals surface area contributed by atoms with Crippen LogP contribution in [0.4, 0.5) is 0 Å². The van der Waals surface area contributed by atoms with Crippen LogP contribution in [0.5, 0.6) is 0 Å². The summed E-state index contributed by atoms with van der Waals surface area (Å²) in [5.41, 5.74) is 2.17. The van der Waals surface area contributed by atoms with Gasteiger partial charge in [0.05, 0.1) is 11.3 Å². The van der Waals surface area contributed by atoms with Gasteiger partial charge in [0.1, 0.15) is 0 Å². The maximum atomic E-state index is 11.5. The van der Waals surface area contributed by atoms with Crippen LogP contribution in [0.3, 0.4) is 0 Å². The Bertz CT molecular complexity index is 758. The van der Waals surface area contributed by atoms with E-state index in [1.165, 1.54) is 4.57 Å². The summed E-state index contributed by atoms with van der Waals surface area (Å²) in [6, 6.07) is 5.44. The molecule has 0 unspecified atom stereocenters. The van der Waals surface area contributed by atoms with E-state index in [0.717, 1.165) is 11.1 Å². The van der Waals surface area contributed by atoms with Crippen LogP contribution >= 0.6 is 0 Å². The number of nitrogens with one attached hydrogen (secondary N) is 1. The van der Waals surface area contributed by atoms with Gasteiger partial charge in [-0.05, 0) is 30.5 Å². The summed E-state index contributed by atoms with van der Waals surface area (Å²) >= 11 is 0. The van der Waals surface area contributed by atoms with E-state index in [1.54, 1.807) is 19.2 Å². The van der Waals surface area contributed by atoms with Crippen LogP contribution in [-0.4, -0.2) is 25.3 Å². The number of sulfonamides is 1. The van der Waals surface area contributed by atoms with Crippen molar-refractivity contribution in [2.75, 3.05) is 12.3 Å². The summed E-state index contributed by atoms with van der Waals surface area (Å²) in [5, 5.41) is 0. The third-order valence-electron chi connectivity index (χ3n) is 3.07. The SMILES string of the molecule is CCCS(=O)(=O)NCCc1ccc2c(c1)oc(=O)n2C. The summed E-state index contributed by atoms with van der Waals surface area (Å²) in [7, 11) is -1.53. The second kappa shape index (κ2) is 5.80. The van der Waals surface area contributed by atoms with Crippen LogP contribution in [0.15, 0.2) is 27.4 Å². The molecule has 0 spiro atoms. The fourth-order valence-corrected chi connectivity index (χ4v) is 3.12. The first-order valence-electron chi connectivity index (χ1n) is 6.49. The molecule has 1 aromatic heterocycles. The lowest BCUT2D eigenvalue weighted by Crippen LogP contribution is -2.28. The van der Waals surface area contributed by atoms with Crippen molar-refractivity contribution in [3.8, 4) is 0 Å². The lowest BCUT2D eigenvalue weighted by atomic mass is 10.1. The zero-order chi connectivity index (χ0) is 14.8. The fourth-order valence-electron chi connectivity index (χ4n) is 2.03. The summed E-state index contributed by atoms with van der Waals surface area (Å²) < 4.78 is 32.1. The van der Waals surface area contributed by atoms with Crippen LogP contribution in [0, 0.1) is 0 Å². The van der Waals surface area contributed by atoms with E-state index in [4.69, 9.17) is 4.42 Å². The highest BCUT2D eigenvalue weighted by Crippen LogP contribution is 2.14. The van der Waals surface area contributed by atoms with Gasteiger partial charge < -0.3 is 4.42 Å². The van der Waals surface area contributed by atoms with Gasteiger partial charge in [-0.15, -0.1) is 0 Å². The quantitative estimate of drug-likeness (QED) is 0.862. The first-order valence-corrected chi connectivity index (χ1v) is 8.14. The Kier molecular flexibility index (Phi) is 4.29. The predicted molar refractivity (Wildman–Crippen MR) is 77.2 cm³/mol. The van der Waals surface area contributed by atoms with Crippen molar-refractivity contribution in [2.45, 2.75) is 19.8 Å². The highest BCUT2D eigenvalue weighted by atomic mass is 32.2. The van der Waals surface area contributed by atoms with E-state index in [-0.39, 0.29) is 5.75 Å². The second-order valence-corrected chi connectivity index (χ2v) is 6.62. The maximum Gasteiger partial charge on any atom is 0.419 e. The molecule has 0 atom stereocenters. The van der Waals surface area contributed by atoms with E-state index < -0.39 is 15.8 Å². The number of oxazole rings is 1. The number of benzene rings is 1. The molecule has 0 saturated carbocycles. The fraction of sp³-hybridized carbons (Fsp3) is 0.462. The Balaban J connectivity index is 2.06. The molecular formula is C13H18N2O4S. The lowest BCUT2D eigenvalue weighted by Gasteiger charge is -2.05. The molecule has 0 aliphatic rings. The molecular weight excluding hydrogens is 280 g/mol. The van der Waals surface area contributed by atoms with Crippen molar-refractivity contribution in [2.24, 2.45) is 7.05 Å². The first kappa shape index (κ1) is 14.8. The van der Waals surface area contributed by atoms with Crippen molar-refractivity contribution in [1.29, 1.82) is 0 Å². The van der Waals surface area contributed by atoms with Crippen molar-refractivity contribution < 1.29 is 12.8 Å². The average molecular weight is 298 g/mol. The first-order chi connectivity index (χ1) is 9.43. The van der Waals surface area contributed by atoms with Gasteiger partial charge in [-0.25, -0.2) is 17.9 Å². The summed E-state index contributed by atoms with van der Waals surface area (Å²) in [6.07, 6.45) is 1.15. The van der Waals surface area contributed by atoms with Gasteiger partial charge in [-0.1, -0.05) is 13.0 Å². The number of aromatic nitrogens is 1. The zero-order valence-electron chi connectivity index (χ0n) is 11.5. The highest BCUT2D eigenvalue weighted by Gasteiger charge is 2.09. The van der Waals surface area contributed by atoms with Crippen LogP contribution in [0.25, 0.3) is 11.1 Å². The monoisotopic (exact) mass is 298 g/mol. The number of aryl methyl sites for hydroxylation is 1. The molecule has 2 rings (SSSR count). The van der Waals surface area contributed by atoms with E-state index in [2.05, 4.69) is 4.72 Å². The topological polar surface area (TPSA) is 81.3 Å². The van der Waals surface area contributed by atoms with Gasteiger partial charge in [-0.2, -0.15) is 0 Å². The van der Waals surface area contributed by atoms with Gasteiger partial charge >= 0.3 is 5.76 Å². The molecule has 1 aromatic carbocycles. The minimum absolute atomic E-state index is 0.138. The zero-order valence-corrected chi connectivity index (χ0v) is 12.4. The van der Waals surface area contributed by atoms with E-state index >= 15 is 0 Å². The molecule has 0 radical (unpaired) electrons. The number of fused-ring (bicyclic) bond motifs is 1. The molecule has 2 aromatic rings. The van der Waals surface area contributed by atoms with Crippen molar-refractivity contribution in [1.82, 2.24) is 9.29 Å². The third kappa shape index (κ3) is 3.29. The van der Waals surface area contributed by atoms with Crippen LogP contribution in [0.1, 0.15) is 18.9 Å². The molecule has 0 aliphatic carbocycles. The molecule has 0 bridgehead atoms. The maximum absolute atomic E-state index is 11.5. The van der Waals surface area contributed by atoms with Gasteiger partial charge in [-0.3, -0.25) is 4.57 Å². The summed E-state index contributed by atoms with van der Waals surface area (Å²) in [5.74, 6) is -0.264. The summed E-state index contributed by atoms with van der Waals surface area (Å²) in [6.45, 7) is 2.16. The Morgan fingerprint density at radius 3 is 2.80 bits per heavy atom. The predicted octanol–water partition coefficient (Wildman–Crippen LogP) is 1.00. The molecule has 20 heavy (non-hydrogen) atoms. The van der Waals surface area contributed by atoms with E-state index in [1.807, 2.05) is 13.0 Å². The number of rotatable bonds is 6. The smallest absolute Gasteiger partial charge is 0.408 e. The molecule has 0 fully saturated rings. The normalized spacial score (nSPS) is 12.1. The van der Waals surface area contributed by atoms with Crippen LogP contribution in [0.2, 0.25) is 0 Å². The number of hydrogen-bond acceptors (Lipinski definition) is 4. The van der Waals surface area contributed by atoms with Crippen LogP contribution < -0.4 is 10.5 Å². The Labute approximate surface area is 117 Å². The van der Waals surface area contributed by atoms with Gasteiger partial charge in [0, 0.05) is 13.6 Å². The largest absolute Gasteiger partial charge is 0.419 e. The Morgan fingerprint density at radius 1 is 1.35 bits per heavy atom. The summed E-state index contributed by atoms with van der Waals surface area (Å²) in [4.78, 5) is 11.4. The molecule has 1 heterocycles. The standard InChI is InChI=1S/C13H18N2O4S/c1-3-8-20(17,18)14-7-6-10-4-5-11-12(9-10)19-13(16)15(11)2/h4-5,9,14H,3,6-8H2,1-2H3. The second-order valence-electron chi connectivity index (χ2n) is 4.69. The van der Waals surface area contributed by atoms with Gasteiger partial charge in [0.2, 0.25) is 10.0 Å². The molecule has 110 valence electrons. The number of hydrogen-bond donors (Lipinski definition) is 1. The van der Waals surface area contributed by atoms with E-state index in [9.17, 15) is 13.2 Å². The molecule has 7 heteroatoms. The Morgan fingerprint density at radius 2 is 2.10 bits per heavy atom. The molecule has 0 saturated heterocycles. The minimum atomic E-state index is -3.17. The average Bonchev–Trinajstić information content (AvgIpc) is 2.64. The molecule has 0 aliphatic heterocycles. The van der Waals surface area contributed by atoms with E-state index in [0.29, 0.717) is 25.0 Å². The minimum Gasteiger partial charge on any atom is -0.408 e. The van der Waals surface area contributed by atoms with Gasteiger partial charge in [0.25, 0.3) is 0 Å². The van der Waals surface area contributed by atoms with Crippen LogP contribution in [-0.2, 0) is 23.5 Å². The van der Waals surface area contributed by atoms with Gasteiger partial charge in [0.15, 0.2) is 5.58 Å². The number of nitrogens with zero attached hydrogens (tertiary/aromatic N) is 1. The third-order valence-corrected chi connectivity index (χ3v) is 4.65. The Hall–Kier alpha value is -1.60. The van der Waals surface area contributed by atoms with Crippen molar-refractivity contribution in [3.05, 3.63) is 34.3 Å². The molecule has 0 amide bonds. The highest BCUT2D eigenvalue weighted by molar-refractivity contribution is 7.89.